The van der Waals surface area contributed by atoms with E-state index in [1.54, 1.807) is 16.6 Å². The Balaban J connectivity index is 1.54. The molecule has 0 aliphatic rings. The highest BCUT2D eigenvalue weighted by Gasteiger charge is 2.16. The standard InChI is InChI=1S/C18H10BrFN6S/c19-12-5-1-11(2-6-12)17-25-26-16(23-24-18(26)27-17)15-9-14(21-22-15)10-3-7-13(20)8-4-10/h1-9H,(H,21,22). The van der Waals surface area contributed by atoms with E-state index in [-0.39, 0.29) is 5.82 Å². The van der Waals surface area contributed by atoms with Gasteiger partial charge in [0.1, 0.15) is 16.5 Å². The van der Waals surface area contributed by atoms with Crippen molar-refractivity contribution in [3.63, 3.8) is 0 Å². The second-order valence-electron chi connectivity index (χ2n) is 5.81. The average Bonchev–Trinajstić information content (AvgIpc) is 3.38. The molecule has 0 unspecified atom stereocenters. The summed E-state index contributed by atoms with van der Waals surface area (Å²) in [7, 11) is 0. The molecule has 27 heavy (non-hydrogen) atoms. The molecule has 1 N–H and O–H groups in total. The van der Waals surface area contributed by atoms with E-state index in [1.807, 2.05) is 30.3 Å². The molecule has 132 valence electrons. The van der Waals surface area contributed by atoms with Crippen LogP contribution in [0.4, 0.5) is 4.39 Å². The summed E-state index contributed by atoms with van der Waals surface area (Å²) in [6, 6.07) is 16.0. The van der Waals surface area contributed by atoms with Crippen molar-refractivity contribution in [2.45, 2.75) is 0 Å². The van der Waals surface area contributed by atoms with Crippen LogP contribution in [0.15, 0.2) is 59.1 Å². The maximum atomic E-state index is 13.1. The molecule has 5 aromatic rings. The van der Waals surface area contributed by atoms with Crippen LogP contribution in [0.25, 0.3) is 38.3 Å². The van der Waals surface area contributed by atoms with Crippen molar-refractivity contribution in [1.29, 1.82) is 0 Å². The molecule has 0 spiro atoms. The lowest BCUT2D eigenvalue weighted by molar-refractivity contribution is 0.628. The van der Waals surface area contributed by atoms with Crippen LogP contribution < -0.4 is 0 Å². The fraction of sp³-hybridized carbons (Fsp3) is 0. The molecule has 2 aromatic carbocycles. The van der Waals surface area contributed by atoms with Crippen LogP contribution in [0, 0.1) is 5.82 Å². The molecule has 6 nitrogen and oxygen atoms in total. The van der Waals surface area contributed by atoms with Crippen molar-refractivity contribution in [3.05, 3.63) is 64.9 Å². The number of halogens is 2. The SMILES string of the molecule is Fc1ccc(-c2cc(-c3nnc4sc(-c5ccc(Br)cc5)nn34)[nH]n2)cc1. The molecule has 0 atom stereocenters. The molecule has 0 saturated carbocycles. The van der Waals surface area contributed by atoms with Gasteiger partial charge in [-0.1, -0.05) is 39.4 Å². The Morgan fingerprint density at radius 1 is 0.963 bits per heavy atom. The van der Waals surface area contributed by atoms with E-state index in [4.69, 9.17) is 0 Å². The third-order valence-electron chi connectivity index (χ3n) is 4.04. The van der Waals surface area contributed by atoms with Crippen LogP contribution in [0.3, 0.4) is 0 Å². The molecule has 0 aliphatic carbocycles. The Hall–Kier alpha value is -2.91. The lowest BCUT2D eigenvalue weighted by Gasteiger charge is -1.95. The van der Waals surface area contributed by atoms with Gasteiger partial charge in [-0.3, -0.25) is 5.10 Å². The van der Waals surface area contributed by atoms with Crippen LogP contribution in [0.1, 0.15) is 0 Å². The van der Waals surface area contributed by atoms with Gasteiger partial charge in [0, 0.05) is 15.6 Å². The largest absolute Gasteiger partial charge is 0.274 e. The number of H-pyrrole nitrogens is 1. The Kier molecular flexibility index (Phi) is 3.83. The molecule has 0 fully saturated rings. The first-order chi connectivity index (χ1) is 13.2. The number of nitrogens with zero attached hydrogens (tertiary/aromatic N) is 5. The minimum atomic E-state index is -0.281. The molecule has 0 amide bonds. The second kappa shape index (κ2) is 6.36. The summed E-state index contributed by atoms with van der Waals surface area (Å²) in [5.41, 5.74) is 3.21. The third-order valence-corrected chi connectivity index (χ3v) is 5.52. The number of nitrogens with one attached hydrogen (secondary N) is 1. The zero-order valence-electron chi connectivity index (χ0n) is 13.6. The van der Waals surface area contributed by atoms with Gasteiger partial charge >= 0.3 is 0 Å². The van der Waals surface area contributed by atoms with E-state index in [2.05, 4.69) is 41.4 Å². The molecule has 5 rings (SSSR count). The van der Waals surface area contributed by atoms with E-state index in [9.17, 15) is 4.39 Å². The number of fused-ring (bicyclic) bond motifs is 1. The summed E-state index contributed by atoms with van der Waals surface area (Å²) < 4.78 is 15.8. The molecular weight excluding hydrogens is 431 g/mol. The average molecular weight is 441 g/mol. The number of benzene rings is 2. The van der Waals surface area contributed by atoms with Crippen molar-refractivity contribution in [2.24, 2.45) is 0 Å². The van der Waals surface area contributed by atoms with Crippen LogP contribution in [0.2, 0.25) is 0 Å². The Labute approximate surface area is 164 Å². The first kappa shape index (κ1) is 16.3. The summed E-state index contributed by atoms with van der Waals surface area (Å²) in [5.74, 6) is 0.294. The monoisotopic (exact) mass is 440 g/mol. The van der Waals surface area contributed by atoms with Gasteiger partial charge in [-0.05, 0) is 42.5 Å². The van der Waals surface area contributed by atoms with Gasteiger partial charge in [0.15, 0.2) is 0 Å². The van der Waals surface area contributed by atoms with E-state index in [0.717, 1.165) is 20.6 Å². The highest BCUT2D eigenvalue weighted by molar-refractivity contribution is 9.10. The van der Waals surface area contributed by atoms with Crippen LogP contribution in [0.5, 0.6) is 0 Å². The van der Waals surface area contributed by atoms with Crippen LogP contribution >= 0.6 is 27.3 Å². The minimum absolute atomic E-state index is 0.281. The van der Waals surface area contributed by atoms with Crippen LogP contribution in [-0.2, 0) is 0 Å². The van der Waals surface area contributed by atoms with E-state index in [1.165, 1.54) is 23.5 Å². The molecule has 0 aliphatic heterocycles. The Morgan fingerprint density at radius 2 is 1.70 bits per heavy atom. The lowest BCUT2D eigenvalue weighted by atomic mass is 10.1. The number of rotatable bonds is 3. The van der Waals surface area contributed by atoms with Crippen molar-refractivity contribution >= 4 is 32.2 Å². The van der Waals surface area contributed by atoms with Gasteiger partial charge in [-0.15, -0.1) is 10.2 Å². The van der Waals surface area contributed by atoms with Crippen molar-refractivity contribution < 1.29 is 4.39 Å². The van der Waals surface area contributed by atoms with Gasteiger partial charge in [0.05, 0.1) is 5.69 Å². The molecule has 9 heteroatoms. The Morgan fingerprint density at radius 3 is 2.48 bits per heavy atom. The van der Waals surface area contributed by atoms with Crippen molar-refractivity contribution in [3.8, 4) is 33.3 Å². The maximum Gasteiger partial charge on any atom is 0.235 e. The van der Waals surface area contributed by atoms with Crippen molar-refractivity contribution in [2.75, 3.05) is 0 Å². The first-order valence-corrected chi connectivity index (χ1v) is 9.58. The maximum absolute atomic E-state index is 13.1. The number of hydrogen-bond acceptors (Lipinski definition) is 5. The normalized spacial score (nSPS) is 11.3. The van der Waals surface area contributed by atoms with Gasteiger partial charge in [0.25, 0.3) is 0 Å². The quantitative estimate of drug-likeness (QED) is 0.436. The van der Waals surface area contributed by atoms with Gasteiger partial charge in [-0.25, -0.2) is 4.39 Å². The summed E-state index contributed by atoms with van der Waals surface area (Å²) in [6.07, 6.45) is 0. The minimum Gasteiger partial charge on any atom is -0.274 e. The first-order valence-electron chi connectivity index (χ1n) is 7.97. The molecular formula is C18H10BrFN6S. The topological polar surface area (TPSA) is 71.8 Å². The van der Waals surface area contributed by atoms with E-state index < -0.39 is 0 Å². The Bertz CT molecular complexity index is 1240. The molecule has 3 aromatic heterocycles. The fourth-order valence-corrected chi connectivity index (χ4v) is 3.81. The van der Waals surface area contributed by atoms with Gasteiger partial charge in [-0.2, -0.15) is 14.7 Å². The molecule has 0 saturated heterocycles. The van der Waals surface area contributed by atoms with Crippen LogP contribution in [-0.4, -0.2) is 30.0 Å². The smallest absolute Gasteiger partial charge is 0.235 e. The van der Waals surface area contributed by atoms with Crippen molar-refractivity contribution in [1.82, 2.24) is 30.0 Å². The third kappa shape index (κ3) is 2.94. The summed E-state index contributed by atoms with van der Waals surface area (Å²) in [4.78, 5) is 0.695. The second-order valence-corrected chi connectivity index (χ2v) is 7.68. The predicted molar refractivity (Wildman–Crippen MR) is 105 cm³/mol. The van der Waals surface area contributed by atoms with Gasteiger partial charge in [0.2, 0.25) is 10.8 Å². The molecule has 0 radical (unpaired) electrons. The van der Waals surface area contributed by atoms with E-state index in [0.29, 0.717) is 22.2 Å². The summed E-state index contributed by atoms with van der Waals surface area (Å²) >= 11 is 4.90. The fourth-order valence-electron chi connectivity index (χ4n) is 2.70. The summed E-state index contributed by atoms with van der Waals surface area (Å²) in [6.45, 7) is 0. The molecule has 0 bridgehead atoms. The molecule has 3 heterocycles. The highest BCUT2D eigenvalue weighted by Crippen LogP contribution is 2.29. The number of hydrogen-bond donors (Lipinski definition) is 1. The number of aromatic nitrogens is 6. The number of aromatic amines is 1. The van der Waals surface area contributed by atoms with E-state index >= 15 is 0 Å². The van der Waals surface area contributed by atoms with Gasteiger partial charge < -0.3 is 0 Å². The summed E-state index contributed by atoms with van der Waals surface area (Å²) in [5, 5.41) is 21.2. The zero-order chi connectivity index (χ0) is 18.4. The predicted octanol–water partition coefficient (Wildman–Crippen LogP) is 4.81. The highest BCUT2D eigenvalue weighted by atomic mass is 79.9. The lowest BCUT2D eigenvalue weighted by Crippen LogP contribution is -1.91. The zero-order valence-corrected chi connectivity index (χ0v) is 16.0.